The summed E-state index contributed by atoms with van der Waals surface area (Å²) in [6.07, 6.45) is 4.29. The largest absolute Gasteiger partial charge is 0.393 e. The van der Waals surface area contributed by atoms with Crippen molar-refractivity contribution < 1.29 is 5.11 Å². The molecule has 1 saturated heterocycles. The van der Waals surface area contributed by atoms with E-state index in [1.54, 1.807) is 0 Å². The molecule has 0 saturated carbocycles. The molecular weight excluding hydrogens is 200 g/mol. The maximum absolute atomic E-state index is 9.64. The zero-order chi connectivity index (χ0) is 11.5. The molecule has 1 N–H and O–H groups in total. The maximum Gasteiger partial charge on any atom is 0.0552 e. The first-order chi connectivity index (χ1) is 7.66. The Morgan fingerprint density at radius 3 is 3.00 bits per heavy atom. The molecule has 0 aliphatic carbocycles. The standard InChI is InChI=1S/C13H22N2O/c1-11(16)12-5-3-8-15(9-12)10-13-6-4-7-14(13)2/h4,6-7,11-12,16H,3,5,8-10H2,1-2H3/t11-,12-/m1/s1. The van der Waals surface area contributed by atoms with Gasteiger partial charge >= 0.3 is 0 Å². The van der Waals surface area contributed by atoms with Crippen LogP contribution in [0.15, 0.2) is 18.3 Å². The summed E-state index contributed by atoms with van der Waals surface area (Å²) < 4.78 is 2.17. The van der Waals surface area contributed by atoms with Gasteiger partial charge in [-0.05, 0) is 44.4 Å². The fraction of sp³-hybridized carbons (Fsp3) is 0.692. The summed E-state index contributed by atoms with van der Waals surface area (Å²) in [4.78, 5) is 2.45. The highest BCUT2D eigenvalue weighted by molar-refractivity contribution is 5.06. The van der Waals surface area contributed by atoms with Crippen LogP contribution in [0.4, 0.5) is 0 Å². The van der Waals surface area contributed by atoms with Crippen LogP contribution in [0.25, 0.3) is 0 Å². The van der Waals surface area contributed by atoms with Crippen LogP contribution in [0.1, 0.15) is 25.5 Å². The van der Waals surface area contributed by atoms with Gasteiger partial charge in [-0.25, -0.2) is 0 Å². The molecule has 0 spiro atoms. The van der Waals surface area contributed by atoms with Gasteiger partial charge in [0.2, 0.25) is 0 Å². The topological polar surface area (TPSA) is 28.4 Å². The van der Waals surface area contributed by atoms with Crippen LogP contribution < -0.4 is 0 Å². The van der Waals surface area contributed by atoms with Crippen molar-refractivity contribution in [2.75, 3.05) is 13.1 Å². The zero-order valence-corrected chi connectivity index (χ0v) is 10.3. The second-order valence-electron chi connectivity index (χ2n) is 4.99. The van der Waals surface area contributed by atoms with E-state index in [1.807, 2.05) is 6.92 Å². The molecule has 16 heavy (non-hydrogen) atoms. The maximum atomic E-state index is 9.64. The molecule has 0 radical (unpaired) electrons. The Kier molecular flexibility index (Phi) is 3.66. The normalized spacial score (nSPS) is 24.6. The van der Waals surface area contributed by atoms with E-state index in [0.717, 1.165) is 19.6 Å². The van der Waals surface area contributed by atoms with E-state index in [4.69, 9.17) is 0 Å². The molecule has 3 heteroatoms. The van der Waals surface area contributed by atoms with Gasteiger partial charge in [0.1, 0.15) is 0 Å². The third-order valence-corrected chi connectivity index (χ3v) is 3.66. The highest BCUT2D eigenvalue weighted by Gasteiger charge is 2.23. The lowest BCUT2D eigenvalue weighted by Crippen LogP contribution is -2.39. The molecule has 1 aromatic rings. The zero-order valence-electron chi connectivity index (χ0n) is 10.3. The van der Waals surface area contributed by atoms with E-state index in [9.17, 15) is 5.11 Å². The molecule has 1 aromatic heterocycles. The summed E-state index contributed by atoms with van der Waals surface area (Å²) in [6, 6.07) is 4.26. The van der Waals surface area contributed by atoms with Crippen molar-refractivity contribution in [3.63, 3.8) is 0 Å². The van der Waals surface area contributed by atoms with Crippen molar-refractivity contribution >= 4 is 0 Å². The van der Waals surface area contributed by atoms with E-state index in [0.29, 0.717) is 5.92 Å². The monoisotopic (exact) mass is 222 g/mol. The quantitative estimate of drug-likeness (QED) is 0.842. The average Bonchev–Trinajstić information content (AvgIpc) is 2.65. The highest BCUT2D eigenvalue weighted by atomic mass is 16.3. The lowest BCUT2D eigenvalue weighted by molar-refractivity contribution is 0.0591. The van der Waals surface area contributed by atoms with E-state index < -0.39 is 0 Å². The summed E-state index contributed by atoms with van der Waals surface area (Å²) in [5.74, 6) is 0.453. The Hall–Kier alpha value is -0.800. The predicted octanol–water partition coefficient (Wildman–Crippen LogP) is 1.62. The molecule has 2 atom stereocenters. The van der Waals surface area contributed by atoms with Gasteiger partial charge in [0.25, 0.3) is 0 Å². The average molecular weight is 222 g/mol. The second kappa shape index (κ2) is 5.02. The summed E-state index contributed by atoms with van der Waals surface area (Å²) in [5.41, 5.74) is 1.35. The third-order valence-electron chi connectivity index (χ3n) is 3.66. The summed E-state index contributed by atoms with van der Waals surface area (Å²) in [5, 5.41) is 9.64. The minimum atomic E-state index is -0.170. The summed E-state index contributed by atoms with van der Waals surface area (Å²) in [6.45, 7) is 5.11. The van der Waals surface area contributed by atoms with Gasteiger partial charge in [-0.1, -0.05) is 0 Å². The van der Waals surface area contributed by atoms with Gasteiger partial charge in [-0.2, -0.15) is 0 Å². The van der Waals surface area contributed by atoms with Gasteiger partial charge in [0, 0.05) is 32.0 Å². The fourth-order valence-corrected chi connectivity index (χ4v) is 2.52. The number of nitrogens with zero attached hydrogens (tertiary/aromatic N) is 2. The molecule has 1 aliphatic heterocycles. The lowest BCUT2D eigenvalue weighted by atomic mass is 9.93. The number of hydrogen-bond donors (Lipinski definition) is 1. The van der Waals surface area contributed by atoms with Crippen molar-refractivity contribution in [1.29, 1.82) is 0 Å². The van der Waals surface area contributed by atoms with Crippen LogP contribution in [0.2, 0.25) is 0 Å². The number of aliphatic hydroxyl groups excluding tert-OH is 1. The molecular formula is C13H22N2O. The Bertz CT molecular complexity index is 332. The molecule has 3 nitrogen and oxygen atoms in total. The number of likely N-dealkylation sites (tertiary alicyclic amines) is 1. The first kappa shape index (κ1) is 11.7. The fourth-order valence-electron chi connectivity index (χ4n) is 2.52. The Morgan fingerprint density at radius 1 is 1.56 bits per heavy atom. The SMILES string of the molecule is C[C@@H](O)[C@@H]1CCCN(Cc2cccn2C)C1. The van der Waals surface area contributed by atoms with Crippen LogP contribution in [-0.4, -0.2) is 33.8 Å². The van der Waals surface area contributed by atoms with Crippen molar-refractivity contribution in [2.45, 2.75) is 32.4 Å². The molecule has 0 amide bonds. The number of aryl methyl sites for hydroxylation is 1. The molecule has 1 fully saturated rings. The Balaban J connectivity index is 1.93. The number of hydrogen-bond acceptors (Lipinski definition) is 2. The van der Waals surface area contributed by atoms with Crippen molar-refractivity contribution in [1.82, 2.24) is 9.47 Å². The van der Waals surface area contributed by atoms with Crippen molar-refractivity contribution in [3.05, 3.63) is 24.0 Å². The van der Waals surface area contributed by atoms with E-state index in [-0.39, 0.29) is 6.10 Å². The van der Waals surface area contributed by atoms with E-state index in [2.05, 4.69) is 34.8 Å². The molecule has 2 rings (SSSR count). The third kappa shape index (κ3) is 2.66. The molecule has 2 heterocycles. The van der Waals surface area contributed by atoms with E-state index in [1.165, 1.54) is 18.5 Å². The minimum Gasteiger partial charge on any atom is -0.393 e. The van der Waals surface area contributed by atoms with Gasteiger partial charge < -0.3 is 9.67 Å². The van der Waals surface area contributed by atoms with Gasteiger partial charge in [-0.15, -0.1) is 0 Å². The first-order valence-corrected chi connectivity index (χ1v) is 6.17. The predicted molar refractivity (Wildman–Crippen MR) is 65.1 cm³/mol. The van der Waals surface area contributed by atoms with Crippen molar-refractivity contribution in [2.24, 2.45) is 13.0 Å². The Labute approximate surface area is 97.7 Å². The summed E-state index contributed by atoms with van der Waals surface area (Å²) in [7, 11) is 2.09. The highest BCUT2D eigenvalue weighted by Crippen LogP contribution is 2.21. The van der Waals surface area contributed by atoms with Crippen LogP contribution in [-0.2, 0) is 13.6 Å². The van der Waals surface area contributed by atoms with Gasteiger partial charge in [-0.3, -0.25) is 4.90 Å². The first-order valence-electron chi connectivity index (χ1n) is 6.17. The lowest BCUT2D eigenvalue weighted by Gasteiger charge is -2.34. The van der Waals surface area contributed by atoms with Crippen LogP contribution >= 0.6 is 0 Å². The molecule has 90 valence electrons. The number of aromatic nitrogens is 1. The molecule has 1 aliphatic rings. The number of rotatable bonds is 3. The van der Waals surface area contributed by atoms with Crippen LogP contribution in [0.5, 0.6) is 0 Å². The smallest absolute Gasteiger partial charge is 0.0552 e. The van der Waals surface area contributed by atoms with E-state index >= 15 is 0 Å². The summed E-state index contributed by atoms with van der Waals surface area (Å²) >= 11 is 0. The minimum absolute atomic E-state index is 0.170. The van der Waals surface area contributed by atoms with Crippen molar-refractivity contribution in [3.8, 4) is 0 Å². The molecule has 0 aromatic carbocycles. The molecule has 0 unspecified atom stereocenters. The second-order valence-corrected chi connectivity index (χ2v) is 4.99. The van der Waals surface area contributed by atoms with Crippen LogP contribution in [0, 0.1) is 5.92 Å². The van der Waals surface area contributed by atoms with Gasteiger partial charge in [0.15, 0.2) is 0 Å². The molecule has 0 bridgehead atoms. The number of aliphatic hydroxyl groups is 1. The Morgan fingerprint density at radius 2 is 2.38 bits per heavy atom. The van der Waals surface area contributed by atoms with Gasteiger partial charge in [0.05, 0.1) is 6.10 Å². The van der Waals surface area contributed by atoms with Crippen LogP contribution in [0.3, 0.4) is 0 Å². The number of piperidine rings is 1.